The van der Waals surface area contributed by atoms with Gasteiger partial charge in [0.2, 0.25) is 0 Å². The molecule has 0 radical (unpaired) electrons. The SMILES string of the molecule is Cc1nc(NC(=O)c2ccccc2F)sc1-c1nccn1C(F)F. The number of carbonyl (C=O) groups excluding carboxylic acids is 1. The molecule has 0 fully saturated rings. The van der Waals surface area contributed by atoms with Crippen molar-refractivity contribution in [3.63, 3.8) is 0 Å². The first-order chi connectivity index (χ1) is 11.5. The summed E-state index contributed by atoms with van der Waals surface area (Å²) in [6.07, 6.45) is 2.43. The molecule has 2 aromatic heterocycles. The molecule has 1 amide bonds. The van der Waals surface area contributed by atoms with E-state index in [4.69, 9.17) is 0 Å². The van der Waals surface area contributed by atoms with E-state index in [2.05, 4.69) is 15.3 Å². The minimum Gasteiger partial charge on any atom is -0.298 e. The van der Waals surface area contributed by atoms with E-state index in [1.54, 1.807) is 6.92 Å². The maximum absolute atomic E-state index is 13.6. The topological polar surface area (TPSA) is 59.8 Å². The van der Waals surface area contributed by atoms with Gasteiger partial charge in [-0.25, -0.2) is 14.4 Å². The Kier molecular flexibility index (Phi) is 4.34. The Bertz CT molecular complexity index is 890. The van der Waals surface area contributed by atoms with E-state index in [9.17, 15) is 18.0 Å². The number of alkyl halides is 2. The van der Waals surface area contributed by atoms with Crippen molar-refractivity contribution in [2.24, 2.45) is 0 Å². The third-order valence-electron chi connectivity index (χ3n) is 3.22. The monoisotopic (exact) mass is 352 g/mol. The molecule has 0 atom stereocenters. The molecule has 2 heterocycles. The molecule has 0 saturated carbocycles. The number of anilines is 1. The number of rotatable bonds is 4. The van der Waals surface area contributed by atoms with Crippen molar-refractivity contribution in [2.75, 3.05) is 5.32 Å². The highest BCUT2D eigenvalue weighted by Crippen LogP contribution is 2.33. The predicted molar refractivity (Wildman–Crippen MR) is 83.7 cm³/mol. The minimum absolute atomic E-state index is 0.0615. The van der Waals surface area contributed by atoms with Crippen molar-refractivity contribution in [2.45, 2.75) is 13.5 Å². The van der Waals surface area contributed by atoms with Gasteiger partial charge in [-0.2, -0.15) is 8.78 Å². The van der Waals surface area contributed by atoms with Gasteiger partial charge in [0.1, 0.15) is 5.82 Å². The third kappa shape index (κ3) is 3.02. The van der Waals surface area contributed by atoms with Crippen molar-refractivity contribution in [1.29, 1.82) is 0 Å². The lowest BCUT2D eigenvalue weighted by molar-refractivity contribution is 0.0720. The number of benzene rings is 1. The Hall–Kier alpha value is -2.68. The lowest BCUT2D eigenvalue weighted by atomic mass is 10.2. The van der Waals surface area contributed by atoms with Gasteiger partial charge in [-0.3, -0.25) is 14.7 Å². The molecule has 0 bridgehead atoms. The lowest BCUT2D eigenvalue weighted by Gasteiger charge is -2.04. The second-order valence-electron chi connectivity index (χ2n) is 4.80. The molecule has 0 aliphatic rings. The van der Waals surface area contributed by atoms with Gasteiger partial charge < -0.3 is 0 Å². The highest BCUT2D eigenvalue weighted by Gasteiger charge is 2.20. The summed E-state index contributed by atoms with van der Waals surface area (Å²) in [5.74, 6) is -1.26. The van der Waals surface area contributed by atoms with E-state index in [0.717, 1.165) is 17.5 Å². The average Bonchev–Trinajstić information content (AvgIpc) is 3.14. The van der Waals surface area contributed by atoms with Crippen molar-refractivity contribution in [3.05, 3.63) is 53.7 Å². The van der Waals surface area contributed by atoms with Gasteiger partial charge in [0.05, 0.1) is 16.1 Å². The number of hydrogen-bond donors (Lipinski definition) is 1. The number of imidazole rings is 1. The normalized spacial score (nSPS) is 11.0. The summed E-state index contributed by atoms with van der Waals surface area (Å²) in [4.78, 5) is 20.5. The summed E-state index contributed by atoms with van der Waals surface area (Å²) in [6, 6.07) is 5.53. The second kappa shape index (κ2) is 6.44. The number of halogens is 3. The second-order valence-corrected chi connectivity index (χ2v) is 5.80. The fourth-order valence-corrected chi connectivity index (χ4v) is 3.08. The highest BCUT2D eigenvalue weighted by molar-refractivity contribution is 7.19. The van der Waals surface area contributed by atoms with Crippen molar-refractivity contribution >= 4 is 22.4 Å². The van der Waals surface area contributed by atoms with E-state index in [1.165, 1.54) is 30.5 Å². The van der Waals surface area contributed by atoms with Crippen molar-refractivity contribution < 1.29 is 18.0 Å². The van der Waals surface area contributed by atoms with Gasteiger partial charge in [-0.15, -0.1) is 0 Å². The van der Waals surface area contributed by atoms with Gasteiger partial charge >= 0.3 is 6.55 Å². The van der Waals surface area contributed by atoms with Crippen LogP contribution >= 0.6 is 11.3 Å². The minimum atomic E-state index is -2.74. The molecule has 0 aliphatic carbocycles. The Labute approximate surface area is 138 Å². The predicted octanol–water partition coefficient (Wildman–Crippen LogP) is 4.10. The van der Waals surface area contributed by atoms with Gasteiger partial charge in [-0.1, -0.05) is 23.5 Å². The fraction of sp³-hybridized carbons (Fsp3) is 0.133. The van der Waals surface area contributed by atoms with Crippen LogP contribution in [0, 0.1) is 12.7 Å². The molecule has 3 rings (SSSR count). The number of aromatic nitrogens is 3. The summed E-state index contributed by atoms with van der Waals surface area (Å²) in [5.41, 5.74) is 0.318. The molecule has 0 unspecified atom stereocenters. The zero-order valence-electron chi connectivity index (χ0n) is 12.3. The van der Waals surface area contributed by atoms with Crippen LogP contribution in [0.5, 0.6) is 0 Å². The first-order valence-electron chi connectivity index (χ1n) is 6.82. The third-order valence-corrected chi connectivity index (χ3v) is 4.29. The van der Waals surface area contributed by atoms with Crippen LogP contribution in [-0.2, 0) is 0 Å². The summed E-state index contributed by atoms with van der Waals surface area (Å²) >= 11 is 0.995. The molecule has 1 aromatic carbocycles. The van der Waals surface area contributed by atoms with E-state index in [-0.39, 0.29) is 16.5 Å². The average molecular weight is 352 g/mol. The first kappa shape index (κ1) is 16.2. The maximum Gasteiger partial charge on any atom is 0.320 e. The van der Waals surface area contributed by atoms with Gasteiger partial charge in [0, 0.05) is 12.4 Å². The van der Waals surface area contributed by atoms with Crippen LogP contribution in [0.15, 0.2) is 36.7 Å². The van der Waals surface area contributed by atoms with E-state index in [1.807, 2.05) is 0 Å². The van der Waals surface area contributed by atoms with Crippen LogP contribution in [0.1, 0.15) is 22.6 Å². The number of aryl methyl sites for hydroxylation is 1. The first-order valence-corrected chi connectivity index (χ1v) is 7.63. The van der Waals surface area contributed by atoms with Crippen LogP contribution in [0.2, 0.25) is 0 Å². The van der Waals surface area contributed by atoms with E-state index in [0.29, 0.717) is 15.1 Å². The molecular weight excluding hydrogens is 341 g/mol. The van der Waals surface area contributed by atoms with Crippen LogP contribution in [0.25, 0.3) is 10.7 Å². The molecule has 5 nitrogen and oxygen atoms in total. The zero-order chi connectivity index (χ0) is 17.3. The summed E-state index contributed by atoms with van der Waals surface area (Å²) in [6.45, 7) is -1.12. The highest BCUT2D eigenvalue weighted by atomic mass is 32.1. The molecule has 1 N–H and O–H groups in total. The number of amides is 1. The number of carbonyl (C=O) groups is 1. The smallest absolute Gasteiger partial charge is 0.298 e. The Morgan fingerprint density at radius 2 is 2.08 bits per heavy atom. The van der Waals surface area contributed by atoms with Gasteiger partial charge in [0.15, 0.2) is 11.0 Å². The van der Waals surface area contributed by atoms with Crippen LogP contribution in [0.3, 0.4) is 0 Å². The molecule has 0 aliphatic heterocycles. The summed E-state index contributed by atoms with van der Waals surface area (Å²) in [7, 11) is 0. The van der Waals surface area contributed by atoms with E-state index < -0.39 is 18.3 Å². The largest absolute Gasteiger partial charge is 0.320 e. The molecule has 24 heavy (non-hydrogen) atoms. The molecule has 9 heteroatoms. The lowest BCUT2D eigenvalue weighted by Crippen LogP contribution is -2.13. The van der Waals surface area contributed by atoms with E-state index >= 15 is 0 Å². The van der Waals surface area contributed by atoms with Gasteiger partial charge in [0.25, 0.3) is 5.91 Å². The molecule has 0 spiro atoms. The number of hydrogen-bond acceptors (Lipinski definition) is 4. The van der Waals surface area contributed by atoms with Crippen LogP contribution < -0.4 is 5.32 Å². The van der Waals surface area contributed by atoms with Crippen molar-refractivity contribution in [1.82, 2.24) is 14.5 Å². The summed E-state index contributed by atoms with van der Waals surface area (Å²) in [5, 5.41) is 2.65. The molecular formula is C15H11F3N4OS. The van der Waals surface area contributed by atoms with Crippen molar-refractivity contribution in [3.8, 4) is 10.7 Å². The Balaban J connectivity index is 1.88. The quantitative estimate of drug-likeness (QED) is 0.769. The standard InChI is InChI=1S/C15H11F3N4OS/c1-8-11(12-19-6-7-22(12)14(17)18)24-15(20-8)21-13(23)9-4-2-3-5-10(9)16/h2-7,14H,1H3,(H,20,21,23). The molecule has 3 aromatic rings. The Morgan fingerprint density at radius 1 is 1.33 bits per heavy atom. The summed E-state index contributed by atoms with van der Waals surface area (Å²) < 4.78 is 40.2. The fourth-order valence-electron chi connectivity index (χ4n) is 2.11. The van der Waals surface area contributed by atoms with Crippen LogP contribution in [0.4, 0.5) is 18.3 Å². The number of nitrogens with zero attached hydrogens (tertiary/aromatic N) is 3. The molecule has 0 saturated heterocycles. The Morgan fingerprint density at radius 3 is 2.79 bits per heavy atom. The number of thiazole rings is 1. The molecule has 124 valence electrons. The van der Waals surface area contributed by atoms with Crippen LogP contribution in [-0.4, -0.2) is 20.4 Å². The van der Waals surface area contributed by atoms with Gasteiger partial charge in [-0.05, 0) is 19.1 Å². The zero-order valence-corrected chi connectivity index (χ0v) is 13.1. The maximum atomic E-state index is 13.6. The number of nitrogens with one attached hydrogen (secondary N) is 1.